The van der Waals surface area contributed by atoms with Crippen molar-refractivity contribution < 1.29 is 4.74 Å². The molecule has 0 spiro atoms. The molecule has 2 aromatic heterocycles. The van der Waals surface area contributed by atoms with Crippen LogP contribution in [-0.2, 0) is 6.54 Å². The van der Waals surface area contributed by atoms with Gasteiger partial charge in [0.25, 0.3) is 0 Å². The average molecular weight is 235 g/mol. The van der Waals surface area contributed by atoms with Crippen LogP contribution in [0.15, 0.2) is 12.1 Å². The zero-order valence-corrected chi connectivity index (χ0v) is 9.34. The van der Waals surface area contributed by atoms with E-state index in [1.54, 1.807) is 12.1 Å². The molecule has 2 rings (SSSR count). The maximum absolute atomic E-state index is 5.71. The molecular formula is C9H13N7O. The van der Waals surface area contributed by atoms with Crippen LogP contribution in [0.2, 0.25) is 0 Å². The zero-order valence-electron chi connectivity index (χ0n) is 9.34. The molecule has 4 N–H and O–H groups in total. The third kappa shape index (κ3) is 2.80. The van der Waals surface area contributed by atoms with Crippen LogP contribution >= 0.6 is 0 Å². The van der Waals surface area contributed by atoms with Crippen molar-refractivity contribution in [3.05, 3.63) is 18.0 Å². The molecule has 0 aliphatic carbocycles. The van der Waals surface area contributed by atoms with Gasteiger partial charge in [-0.05, 0) is 19.1 Å². The Labute approximate surface area is 97.6 Å². The predicted octanol–water partition coefficient (Wildman–Crippen LogP) is 0.188. The van der Waals surface area contributed by atoms with E-state index in [1.807, 2.05) is 6.92 Å². The summed E-state index contributed by atoms with van der Waals surface area (Å²) >= 11 is 0. The summed E-state index contributed by atoms with van der Waals surface area (Å²) in [5.41, 5.74) is 6.22. The predicted molar refractivity (Wildman–Crippen MR) is 61.3 cm³/mol. The van der Waals surface area contributed by atoms with E-state index in [9.17, 15) is 0 Å². The van der Waals surface area contributed by atoms with E-state index >= 15 is 0 Å². The topological polar surface area (TPSA) is 115 Å². The Balaban J connectivity index is 2.03. The quantitative estimate of drug-likeness (QED) is 0.677. The van der Waals surface area contributed by atoms with Crippen LogP contribution < -0.4 is 15.8 Å². The van der Waals surface area contributed by atoms with E-state index in [0.29, 0.717) is 36.4 Å². The summed E-state index contributed by atoms with van der Waals surface area (Å²) in [5.74, 6) is 1.62. The molecule has 0 radical (unpaired) electrons. The van der Waals surface area contributed by atoms with Crippen LogP contribution in [0.4, 0.5) is 11.5 Å². The lowest BCUT2D eigenvalue weighted by Gasteiger charge is -2.08. The van der Waals surface area contributed by atoms with Gasteiger partial charge >= 0.3 is 0 Å². The minimum atomic E-state index is 0.422. The summed E-state index contributed by atoms with van der Waals surface area (Å²) in [4.78, 5) is 4.22. The van der Waals surface area contributed by atoms with Crippen LogP contribution in [0.1, 0.15) is 12.7 Å². The summed E-state index contributed by atoms with van der Waals surface area (Å²) < 4.78 is 5.29. The Hall–Kier alpha value is -2.38. The molecule has 8 heteroatoms. The largest absolute Gasteiger partial charge is 0.476 e. The molecule has 0 aromatic carbocycles. The van der Waals surface area contributed by atoms with Crippen molar-refractivity contribution in [2.75, 3.05) is 17.7 Å². The Kier molecular flexibility index (Phi) is 3.34. The number of ether oxygens (including phenoxy) is 1. The van der Waals surface area contributed by atoms with Gasteiger partial charge in [-0.25, -0.2) is 0 Å². The summed E-state index contributed by atoms with van der Waals surface area (Å²) in [6.45, 7) is 2.82. The number of pyridine rings is 1. The first-order valence-electron chi connectivity index (χ1n) is 5.15. The van der Waals surface area contributed by atoms with Gasteiger partial charge in [0, 0.05) is 0 Å². The van der Waals surface area contributed by atoms with Gasteiger partial charge < -0.3 is 15.8 Å². The molecule has 0 saturated heterocycles. The summed E-state index contributed by atoms with van der Waals surface area (Å²) in [6, 6.07) is 3.49. The summed E-state index contributed by atoms with van der Waals surface area (Å²) in [7, 11) is 0. The number of aromatic nitrogens is 5. The van der Waals surface area contributed by atoms with Crippen LogP contribution in [0.3, 0.4) is 0 Å². The lowest BCUT2D eigenvalue weighted by molar-refractivity contribution is 0.329. The average Bonchev–Trinajstić information content (AvgIpc) is 2.83. The molecule has 2 aromatic rings. The standard InChI is InChI=1S/C9H13N7O/c1-2-17-9-6(10)3-4-7(12-9)11-5-8-13-15-16-14-8/h3-4H,2,5,10H2,1H3,(H,11,12)(H,13,14,15,16). The molecule has 0 fully saturated rings. The number of nitrogens with two attached hydrogens (primary N) is 1. The molecule has 8 nitrogen and oxygen atoms in total. The van der Waals surface area contributed by atoms with Crippen molar-refractivity contribution in [1.82, 2.24) is 25.6 Å². The van der Waals surface area contributed by atoms with Gasteiger partial charge in [0.2, 0.25) is 5.88 Å². The van der Waals surface area contributed by atoms with Crippen LogP contribution in [-0.4, -0.2) is 32.2 Å². The number of nitrogens with zero attached hydrogens (tertiary/aromatic N) is 4. The van der Waals surface area contributed by atoms with E-state index in [1.165, 1.54) is 0 Å². The number of aromatic amines is 1. The number of nitrogen functional groups attached to an aromatic ring is 1. The Bertz CT molecular complexity index is 470. The molecule has 17 heavy (non-hydrogen) atoms. The molecule has 0 atom stereocenters. The van der Waals surface area contributed by atoms with Gasteiger partial charge in [-0.3, -0.25) is 0 Å². The van der Waals surface area contributed by atoms with Gasteiger partial charge in [0.1, 0.15) is 5.82 Å². The van der Waals surface area contributed by atoms with Gasteiger partial charge in [-0.15, -0.1) is 10.2 Å². The van der Waals surface area contributed by atoms with Crippen LogP contribution in [0.25, 0.3) is 0 Å². The van der Waals surface area contributed by atoms with E-state index in [2.05, 4.69) is 30.9 Å². The molecule has 0 aliphatic rings. The lowest BCUT2D eigenvalue weighted by atomic mass is 10.4. The fourth-order valence-electron chi connectivity index (χ4n) is 1.23. The van der Waals surface area contributed by atoms with Crippen LogP contribution in [0.5, 0.6) is 5.88 Å². The Morgan fingerprint density at radius 2 is 2.35 bits per heavy atom. The van der Waals surface area contributed by atoms with Gasteiger partial charge in [-0.1, -0.05) is 5.21 Å². The SMILES string of the molecule is CCOc1nc(NCc2nn[nH]n2)ccc1N. The van der Waals surface area contributed by atoms with Gasteiger partial charge in [0.05, 0.1) is 18.8 Å². The highest BCUT2D eigenvalue weighted by Gasteiger charge is 2.04. The highest BCUT2D eigenvalue weighted by Crippen LogP contribution is 2.20. The van der Waals surface area contributed by atoms with E-state index < -0.39 is 0 Å². The number of tetrazole rings is 1. The Morgan fingerprint density at radius 3 is 3.06 bits per heavy atom. The molecular weight excluding hydrogens is 222 g/mol. The number of anilines is 2. The summed E-state index contributed by atoms with van der Waals surface area (Å²) in [6.07, 6.45) is 0. The first-order valence-corrected chi connectivity index (χ1v) is 5.15. The zero-order chi connectivity index (χ0) is 12.1. The second-order valence-corrected chi connectivity index (χ2v) is 3.21. The first-order chi connectivity index (χ1) is 8.29. The number of rotatable bonds is 5. The van der Waals surface area contributed by atoms with E-state index in [-0.39, 0.29) is 0 Å². The van der Waals surface area contributed by atoms with E-state index in [4.69, 9.17) is 10.5 Å². The first kappa shape index (κ1) is 11.1. The van der Waals surface area contributed by atoms with Crippen molar-refractivity contribution in [1.29, 1.82) is 0 Å². The molecule has 0 bridgehead atoms. The second kappa shape index (κ2) is 5.10. The monoisotopic (exact) mass is 235 g/mol. The molecule has 90 valence electrons. The molecule has 0 unspecified atom stereocenters. The fraction of sp³-hybridized carbons (Fsp3) is 0.333. The maximum Gasteiger partial charge on any atom is 0.239 e. The van der Waals surface area contributed by atoms with Crippen molar-refractivity contribution in [2.45, 2.75) is 13.5 Å². The minimum absolute atomic E-state index is 0.422. The highest BCUT2D eigenvalue weighted by molar-refractivity contribution is 5.53. The van der Waals surface area contributed by atoms with Crippen molar-refractivity contribution in [3.63, 3.8) is 0 Å². The highest BCUT2D eigenvalue weighted by atomic mass is 16.5. The van der Waals surface area contributed by atoms with Crippen LogP contribution in [0, 0.1) is 0 Å². The molecule has 2 heterocycles. The normalized spacial score (nSPS) is 10.2. The number of hydrogen-bond acceptors (Lipinski definition) is 7. The number of nitrogens with one attached hydrogen (secondary N) is 2. The summed E-state index contributed by atoms with van der Waals surface area (Å²) in [5, 5.41) is 16.5. The maximum atomic E-state index is 5.71. The number of hydrogen-bond donors (Lipinski definition) is 3. The number of H-pyrrole nitrogens is 1. The van der Waals surface area contributed by atoms with Gasteiger partial charge in [0.15, 0.2) is 5.82 Å². The third-order valence-electron chi connectivity index (χ3n) is 1.99. The van der Waals surface area contributed by atoms with Gasteiger partial charge in [-0.2, -0.15) is 10.2 Å². The van der Waals surface area contributed by atoms with Crippen molar-refractivity contribution in [3.8, 4) is 5.88 Å². The van der Waals surface area contributed by atoms with Crippen molar-refractivity contribution >= 4 is 11.5 Å². The molecule has 0 aliphatic heterocycles. The third-order valence-corrected chi connectivity index (χ3v) is 1.99. The van der Waals surface area contributed by atoms with Crippen molar-refractivity contribution in [2.24, 2.45) is 0 Å². The fourth-order valence-corrected chi connectivity index (χ4v) is 1.23. The smallest absolute Gasteiger partial charge is 0.239 e. The Morgan fingerprint density at radius 1 is 1.47 bits per heavy atom. The second-order valence-electron chi connectivity index (χ2n) is 3.21. The van der Waals surface area contributed by atoms with E-state index in [0.717, 1.165) is 0 Å². The minimum Gasteiger partial charge on any atom is -0.476 e. The molecule has 0 amide bonds. The lowest BCUT2D eigenvalue weighted by Crippen LogP contribution is -2.06. The molecule has 0 saturated carbocycles.